The monoisotopic (exact) mass is 267 g/mol. The lowest BCUT2D eigenvalue weighted by Gasteiger charge is -2.16. The normalized spacial score (nSPS) is 16.6. The van der Waals surface area contributed by atoms with Crippen molar-refractivity contribution >= 4 is 23.1 Å². The highest BCUT2D eigenvalue weighted by molar-refractivity contribution is 7.98. The molecule has 0 saturated heterocycles. The Labute approximate surface area is 113 Å². The fraction of sp³-hybridized carbons (Fsp3) is 0.571. The molecule has 1 aliphatic heterocycles. The van der Waals surface area contributed by atoms with Crippen molar-refractivity contribution in [2.75, 3.05) is 12.3 Å². The van der Waals surface area contributed by atoms with E-state index in [1.54, 1.807) is 10.4 Å². The Morgan fingerprint density at radius 2 is 2.41 bits per heavy atom. The van der Waals surface area contributed by atoms with E-state index in [2.05, 4.69) is 43.6 Å². The molecule has 17 heavy (non-hydrogen) atoms. The molecule has 1 aliphatic rings. The highest BCUT2D eigenvalue weighted by Gasteiger charge is 2.19. The zero-order chi connectivity index (χ0) is 12.3. The van der Waals surface area contributed by atoms with Gasteiger partial charge in [-0.25, -0.2) is 0 Å². The number of nitrogens with one attached hydrogen (secondary N) is 1. The minimum atomic E-state index is 0.357. The van der Waals surface area contributed by atoms with Crippen molar-refractivity contribution in [3.8, 4) is 0 Å². The molecule has 1 aromatic rings. The molecule has 3 heteroatoms. The van der Waals surface area contributed by atoms with Crippen LogP contribution in [0, 0.1) is 0 Å². The van der Waals surface area contributed by atoms with Gasteiger partial charge in [-0.15, -0.1) is 11.3 Å². The zero-order valence-corrected chi connectivity index (χ0v) is 12.3. The van der Waals surface area contributed by atoms with E-state index >= 15 is 0 Å². The van der Waals surface area contributed by atoms with Crippen molar-refractivity contribution < 1.29 is 0 Å². The van der Waals surface area contributed by atoms with Crippen LogP contribution in [0.5, 0.6) is 0 Å². The minimum Gasteiger partial charge on any atom is -0.306 e. The van der Waals surface area contributed by atoms with Crippen molar-refractivity contribution in [1.29, 1.82) is 0 Å². The lowest BCUT2D eigenvalue weighted by Crippen LogP contribution is -2.21. The lowest BCUT2D eigenvalue weighted by molar-refractivity contribution is 0.598. The Hall–Kier alpha value is -0.250. The van der Waals surface area contributed by atoms with Crippen molar-refractivity contribution in [2.24, 2.45) is 0 Å². The maximum Gasteiger partial charge on any atom is 0.0625 e. The topological polar surface area (TPSA) is 12.0 Å². The van der Waals surface area contributed by atoms with Gasteiger partial charge in [-0.05, 0) is 43.7 Å². The average molecular weight is 267 g/mol. The van der Waals surface area contributed by atoms with Crippen LogP contribution in [0.2, 0.25) is 0 Å². The third-order valence-corrected chi connectivity index (χ3v) is 5.33. The molecular formula is C14H21NS2. The second kappa shape index (κ2) is 6.07. The first-order chi connectivity index (χ1) is 8.22. The van der Waals surface area contributed by atoms with Gasteiger partial charge in [-0.1, -0.05) is 19.1 Å². The molecular weight excluding hydrogens is 246 g/mol. The van der Waals surface area contributed by atoms with Gasteiger partial charge in [0.05, 0.1) is 6.04 Å². The molecule has 94 valence electrons. The molecule has 1 nitrogen and oxygen atoms in total. The largest absolute Gasteiger partial charge is 0.306 e. The van der Waals surface area contributed by atoms with E-state index in [0.29, 0.717) is 6.04 Å². The van der Waals surface area contributed by atoms with Crippen LogP contribution >= 0.6 is 23.1 Å². The van der Waals surface area contributed by atoms with Crippen LogP contribution in [0.4, 0.5) is 0 Å². The molecule has 1 N–H and O–H groups in total. The predicted molar refractivity (Wildman–Crippen MR) is 80.0 cm³/mol. The van der Waals surface area contributed by atoms with Crippen LogP contribution in [0.3, 0.4) is 0 Å². The summed E-state index contributed by atoms with van der Waals surface area (Å²) in [6.45, 7) is 9.53. The lowest BCUT2D eigenvalue weighted by atomic mass is 10.1. The second-order valence-electron chi connectivity index (χ2n) is 4.63. The summed E-state index contributed by atoms with van der Waals surface area (Å²) in [4.78, 5) is 3.06. The number of thioether (sulfide) groups is 1. The zero-order valence-electron chi connectivity index (χ0n) is 10.7. The highest BCUT2D eigenvalue weighted by Crippen LogP contribution is 2.36. The van der Waals surface area contributed by atoms with Gasteiger partial charge in [-0.2, -0.15) is 11.8 Å². The number of hydrogen-bond donors (Lipinski definition) is 1. The number of fused-ring (bicyclic) bond motifs is 1. The van der Waals surface area contributed by atoms with Crippen LogP contribution in [-0.2, 0) is 12.2 Å². The second-order valence-corrected chi connectivity index (χ2v) is 6.91. The first kappa shape index (κ1) is 13.2. The maximum atomic E-state index is 4.13. The summed E-state index contributed by atoms with van der Waals surface area (Å²) in [5, 5.41) is 3.60. The molecule has 0 saturated carbocycles. The highest BCUT2D eigenvalue weighted by atomic mass is 32.2. The maximum absolute atomic E-state index is 4.13. The van der Waals surface area contributed by atoms with Gasteiger partial charge in [0.15, 0.2) is 0 Å². The van der Waals surface area contributed by atoms with Gasteiger partial charge in [0.25, 0.3) is 0 Å². The summed E-state index contributed by atoms with van der Waals surface area (Å²) in [5.74, 6) is 2.48. The summed E-state index contributed by atoms with van der Waals surface area (Å²) in [7, 11) is 0. The molecule has 0 amide bonds. The van der Waals surface area contributed by atoms with Gasteiger partial charge in [-0.3, -0.25) is 0 Å². The van der Waals surface area contributed by atoms with Crippen molar-refractivity contribution in [3.63, 3.8) is 0 Å². The van der Waals surface area contributed by atoms with E-state index in [9.17, 15) is 0 Å². The summed E-state index contributed by atoms with van der Waals surface area (Å²) < 4.78 is 0. The predicted octanol–water partition coefficient (Wildman–Crippen LogP) is 4.15. The van der Waals surface area contributed by atoms with E-state index in [-0.39, 0.29) is 0 Å². The first-order valence-electron chi connectivity index (χ1n) is 6.30. The Morgan fingerprint density at radius 3 is 3.06 bits per heavy atom. The third kappa shape index (κ3) is 3.15. The molecule has 1 atom stereocenters. The van der Waals surface area contributed by atoms with Gasteiger partial charge in [0.2, 0.25) is 0 Å². The Morgan fingerprint density at radius 1 is 1.59 bits per heavy atom. The molecule has 0 spiro atoms. The Kier molecular flexibility index (Phi) is 4.71. The fourth-order valence-corrected chi connectivity index (χ4v) is 4.66. The summed E-state index contributed by atoms with van der Waals surface area (Å²) in [6, 6.07) is 2.75. The van der Waals surface area contributed by atoms with Gasteiger partial charge >= 0.3 is 0 Å². The van der Waals surface area contributed by atoms with E-state index in [0.717, 1.165) is 6.54 Å². The molecule has 2 heterocycles. The van der Waals surface area contributed by atoms with Crippen LogP contribution in [-0.4, -0.2) is 12.3 Å². The van der Waals surface area contributed by atoms with Crippen LogP contribution in [0.15, 0.2) is 18.2 Å². The van der Waals surface area contributed by atoms with E-state index in [4.69, 9.17) is 0 Å². The average Bonchev–Trinajstić information content (AvgIpc) is 2.72. The van der Waals surface area contributed by atoms with Gasteiger partial charge in [0, 0.05) is 15.5 Å². The molecule has 0 aliphatic carbocycles. The number of hydrogen-bond acceptors (Lipinski definition) is 3. The molecule has 0 bridgehead atoms. The summed E-state index contributed by atoms with van der Waals surface area (Å²) in [5.41, 5.74) is 2.79. The van der Waals surface area contributed by atoms with Crippen LogP contribution in [0.1, 0.15) is 41.6 Å². The molecule has 1 aromatic heterocycles. The van der Waals surface area contributed by atoms with E-state index < -0.39 is 0 Å². The Balaban J connectivity index is 2.17. The van der Waals surface area contributed by atoms with Gasteiger partial charge < -0.3 is 5.32 Å². The van der Waals surface area contributed by atoms with Crippen molar-refractivity contribution in [2.45, 2.75) is 38.5 Å². The quantitative estimate of drug-likeness (QED) is 0.804. The van der Waals surface area contributed by atoms with Crippen LogP contribution < -0.4 is 5.32 Å². The standard InChI is InChI=1S/C14H21NS2/c1-4-6-15-14(10(2)3)13-8-11-9-16-7-5-12(11)17-13/h8,14-15H,2,4-7,9H2,1,3H3. The fourth-order valence-electron chi connectivity index (χ4n) is 2.12. The number of rotatable bonds is 5. The van der Waals surface area contributed by atoms with Crippen molar-refractivity contribution in [1.82, 2.24) is 5.32 Å². The Bertz CT molecular complexity index is 371. The van der Waals surface area contributed by atoms with E-state index in [1.807, 2.05) is 11.3 Å². The van der Waals surface area contributed by atoms with Crippen molar-refractivity contribution in [3.05, 3.63) is 33.5 Å². The molecule has 0 fully saturated rings. The number of thiophene rings is 1. The van der Waals surface area contributed by atoms with Crippen LogP contribution in [0.25, 0.3) is 0 Å². The first-order valence-corrected chi connectivity index (χ1v) is 8.27. The molecule has 1 unspecified atom stereocenters. The van der Waals surface area contributed by atoms with E-state index in [1.165, 1.54) is 34.8 Å². The molecule has 0 radical (unpaired) electrons. The smallest absolute Gasteiger partial charge is 0.0625 e. The summed E-state index contributed by atoms with van der Waals surface area (Å²) in [6.07, 6.45) is 2.42. The molecule has 0 aromatic carbocycles. The minimum absolute atomic E-state index is 0.357. The SMILES string of the molecule is C=C(C)C(NCCC)c1cc2c(s1)CCSC2. The third-order valence-electron chi connectivity index (χ3n) is 3.02. The molecule has 2 rings (SSSR count). The number of aryl methyl sites for hydroxylation is 1. The van der Waals surface area contributed by atoms with Gasteiger partial charge in [0.1, 0.15) is 0 Å². The summed E-state index contributed by atoms with van der Waals surface area (Å²) >= 11 is 4.04.